The monoisotopic (exact) mass is 244 g/mol. The van der Waals surface area contributed by atoms with Crippen molar-refractivity contribution in [2.75, 3.05) is 20.1 Å². The molecule has 0 saturated heterocycles. The first kappa shape index (κ1) is 13.9. The van der Waals surface area contributed by atoms with Crippen LogP contribution in [0.4, 0.5) is 0 Å². The van der Waals surface area contributed by atoms with Crippen molar-refractivity contribution < 1.29 is 5.11 Å². The van der Waals surface area contributed by atoms with Gasteiger partial charge in [0.2, 0.25) is 0 Å². The highest BCUT2D eigenvalue weighted by Crippen LogP contribution is 2.28. The van der Waals surface area contributed by atoms with E-state index in [1.807, 2.05) is 0 Å². The highest BCUT2D eigenvalue weighted by atomic mass is 32.1. The smallest absolute Gasteiger partial charge is 0.0784 e. The van der Waals surface area contributed by atoms with Crippen molar-refractivity contribution in [1.82, 2.24) is 4.90 Å². The Morgan fingerprint density at radius 2 is 2.06 bits per heavy atom. The Morgan fingerprint density at radius 1 is 1.50 bits per heavy atom. The molecule has 0 unspecified atom stereocenters. The average Bonchev–Trinajstić information content (AvgIpc) is 2.12. The van der Waals surface area contributed by atoms with Crippen LogP contribution in [-0.4, -0.2) is 41.2 Å². The van der Waals surface area contributed by atoms with E-state index in [0.29, 0.717) is 10.9 Å². The third kappa shape index (κ3) is 4.00. The summed E-state index contributed by atoms with van der Waals surface area (Å²) in [7, 11) is 2.13. The second kappa shape index (κ2) is 5.43. The summed E-state index contributed by atoms with van der Waals surface area (Å²) in [4.78, 5) is 2.91. The first-order valence-corrected chi connectivity index (χ1v) is 6.38. The van der Waals surface area contributed by atoms with Gasteiger partial charge in [-0.25, -0.2) is 0 Å². The van der Waals surface area contributed by atoms with Crippen LogP contribution in [0.5, 0.6) is 0 Å². The number of rotatable bonds is 6. The molecule has 0 aromatic heterocycles. The zero-order valence-corrected chi connectivity index (χ0v) is 11.4. The van der Waals surface area contributed by atoms with E-state index >= 15 is 0 Å². The van der Waals surface area contributed by atoms with E-state index in [2.05, 4.69) is 25.8 Å². The van der Waals surface area contributed by atoms with Crippen molar-refractivity contribution in [2.24, 2.45) is 17.1 Å². The molecule has 1 aliphatic rings. The Bertz CT molecular complexity index is 249. The maximum Gasteiger partial charge on any atom is 0.0784 e. The lowest BCUT2D eigenvalue weighted by Gasteiger charge is -2.35. The van der Waals surface area contributed by atoms with Crippen LogP contribution in [0.1, 0.15) is 33.1 Å². The fourth-order valence-electron chi connectivity index (χ4n) is 1.98. The zero-order valence-electron chi connectivity index (χ0n) is 10.6. The van der Waals surface area contributed by atoms with Gasteiger partial charge in [0.15, 0.2) is 0 Å². The molecule has 1 rings (SSSR count). The van der Waals surface area contributed by atoms with Crippen LogP contribution >= 0.6 is 12.2 Å². The highest BCUT2D eigenvalue weighted by Gasteiger charge is 2.28. The van der Waals surface area contributed by atoms with Crippen LogP contribution in [0.2, 0.25) is 0 Å². The van der Waals surface area contributed by atoms with Gasteiger partial charge in [-0.3, -0.25) is 0 Å². The minimum Gasteiger partial charge on any atom is -0.393 e. The van der Waals surface area contributed by atoms with Crippen molar-refractivity contribution in [3.05, 3.63) is 0 Å². The van der Waals surface area contributed by atoms with E-state index in [-0.39, 0.29) is 11.5 Å². The molecule has 0 aromatic carbocycles. The topological polar surface area (TPSA) is 49.5 Å². The summed E-state index contributed by atoms with van der Waals surface area (Å²) in [5.74, 6) is 0.674. The van der Waals surface area contributed by atoms with E-state index in [9.17, 15) is 5.11 Å². The van der Waals surface area contributed by atoms with Gasteiger partial charge >= 0.3 is 0 Å². The van der Waals surface area contributed by atoms with Crippen molar-refractivity contribution in [3.8, 4) is 0 Å². The molecule has 0 bridgehead atoms. The maximum absolute atomic E-state index is 9.21. The van der Waals surface area contributed by atoms with Gasteiger partial charge in [-0.1, -0.05) is 26.1 Å². The predicted molar refractivity (Wildman–Crippen MR) is 71.4 cm³/mol. The first-order chi connectivity index (χ1) is 7.31. The van der Waals surface area contributed by atoms with Crippen LogP contribution in [-0.2, 0) is 0 Å². The van der Waals surface area contributed by atoms with Gasteiger partial charge in [0.25, 0.3) is 0 Å². The molecule has 0 aromatic rings. The molecule has 94 valence electrons. The Hall–Kier alpha value is -0.190. The summed E-state index contributed by atoms with van der Waals surface area (Å²) in [5, 5.41) is 9.21. The number of aliphatic hydroxyl groups is 1. The van der Waals surface area contributed by atoms with E-state index in [4.69, 9.17) is 18.0 Å². The summed E-state index contributed by atoms with van der Waals surface area (Å²) in [6.45, 7) is 6.27. The summed E-state index contributed by atoms with van der Waals surface area (Å²) in [6, 6.07) is 0. The van der Waals surface area contributed by atoms with Gasteiger partial charge in [-0.2, -0.15) is 0 Å². The SMILES string of the molecule is CN(CCC(C)(C)C(N)=S)CC1CC(O)C1. The number of hydrogen-bond acceptors (Lipinski definition) is 3. The van der Waals surface area contributed by atoms with Crippen LogP contribution < -0.4 is 5.73 Å². The Morgan fingerprint density at radius 3 is 2.50 bits per heavy atom. The largest absolute Gasteiger partial charge is 0.393 e. The number of nitrogens with zero attached hydrogens (tertiary/aromatic N) is 1. The van der Waals surface area contributed by atoms with Crippen LogP contribution in [0.3, 0.4) is 0 Å². The lowest BCUT2D eigenvalue weighted by molar-refractivity contribution is 0.0275. The van der Waals surface area contributed by atoms with Gasteiger partial charge in [0.05, 0.1) is 11.1 Å². The van der Waals surface area contributed by atoms with Crippen molar-refractivity contribution in [3.63, 3.8) is 0 Å². The minimum absolute atomic E-state index is 0.0496. The number of hydrogen-bond donors (Lipinski definition) is 2. The summed E-state index contributed by atoms with van der Waals surface area (Å²) in [6.07, 6.45) is 2.87. The number of nitrogens with two attached hydrogens (primary N) is 1. The van der Waals surface area contributed by atoms with Crippen LogP contribution in [0.25, 0.3) is 0 Å². The normalized spacial score (nSPS) is 25.6. The Balaban J connectivity index is 2.19. The lowest BCUT2D eigenvalue weighted by atomic mass is 9.82. The Labute approximate surface area is 104 Å². The molecule has 16 heavy (non-hydrogen) atoms. The molecule has 0 amide bonds. The molecule has 0 atom stereocenters. The second-order valence-corrected chi connectivity index (χ2v) is 6.19. The molecule has 1 fully saturated rings. The quantitative estimate of drug-likeness (QED) is 0.693. The molecule has 1 saturated carbocycles. The zero-order chi connectivity index (χ0) is 12.3. The molecule has 0 aliphatic heterocycles. The van der Waals surface area contributed by atoms with Crippen LogP contribution in [0, 0.1) is 11.3 Å². The highest BCUT2D eigenvalue weighted by molar-refractivity contribution is 7.80. The predicted octanol–water partition coefficient (Wildman–Crippen LogP) is 1.39. The maximum atomic E-state index is 9.21. The molecule has 0 radical (unpaired) electrons. The first-order valence-electron chi connectivity index (χ1n) is 5.98. The van der Waals surface area contributed by atoms with E-state index in [1.165, 1.54) is 0 Å². The standard InChI is InChI=1S/C12H24N2OS/c1-12(2,11(13)16)4-5-14(3)8-9-6-10(15)7-9/h9-10,15H,4-8H2,1-3H3,(H2,13,16). The molecule has 3 N–H and O–H groups in total. The van der Waals surface area contributed by atoms with Gasteiger partial charge in [-0.15, -0.1) is 0 Å². The van der Waals surface area contributed by atoms with Gasteiger partial charge in [0.1, 0.15) is 0 Å². The molecule has 3 nitrogen and oxygen atoms in total. The molecule has 0 heterocycles. The molecule has 1 aliphatic carbocycles. The van der Waals surface area contributed by atoms with E-state index < -0.39 is 0 Å². The van der Waals surface area contributed by atoms with Gasteiger partial charge < -0.3 is 15.7 Å². The molecular weight excluding hydrogens is 220 g/mol. The molecule has 4 heteroatoms. The van der Waals surface area contributed by atoms with Crippen molar-refractivity contribution in [2.45, 2.75) is 39.2 Å². The van der Waals surface area contributed by atoms with Gasteiger partial charge in [-0.05, 0) is 38.8 Å². The Kier molecular flexibility index (Phi) is 4.71. The fourth-order valence-corrected chi connectivity index (χ4v) is 2.08. The summed E-state index contributed by atoms with van der Waals surface area (Å²) < 4.78 is 0. The third-order valence-electron chi connectivity index (χ3n) is 3.57. The summed E-state index contributed by atoms with van der Waals surface area (Å²) >= 11 is 5.05. The molecule has 0 spiro atoms. The third-order valence-corrected chi connectivity index (χ3v) is 4.12. The van der Waals surface area contributed by atoms with E-state index in [0.717, 1.165) is 32.4 Å². The number of aliphatic hydroxyl groups excluding tert-OH is 1. The average molecular weight is 244 g/mol. The second-order valence-electron chi connectivity index (χ2n) is 5.75. The van der Waals surface area contributed by atoms with Crippen molar-refractivity contribution >= 4 is 17.2 Å². The van der Waals surface area contributed by atoms with Crippen molar-refractivity contribution in [1.29, 1.82) is 0 Å². The van der Waals surface area contributed by atoms with Gasteiger partial charge in [0, 0.05) is 12.0 Å². The lowest BCUT2D eigenvalue weighted by Crippen LogP contribution is -2.39. The van der Waals surface area contributed by atoms with Crippen LogP contribution in [0.15, 0.2) is 0 Å². The number of thiocarbonyl (C=S) groups is 1. The fraction of sp³-hybridized carbons (Fsp3) is 0.917. The summed E-state index contributed by atoms with van der Waals surface area (Å²) in [5.41, 5.74) is 5.64. The minimum atomic E-state index is -0.0529. The molecular formula is C12H24N2OS. The van der Waals surface area contributed by atoms with E-state index in [1.54, 1.807) is 0 Å².